The van der Waals surface area contributed by atoms with Gasteiger partial charge >= 0.3 is 5.49 Å². The Kier molecular flexibility index (Phi) is 2.10. The van der Waals surface area contributed by atoms with Crippen molar-refractivity contribution in [2.45, 2.75) is 39.7 Å². The molecule has 0 radical (unpaired) electrons. The fourth-order valence-corrected chi connectivity index (χ4v) is 1.67. The zero-order chi connectivity index (χ0) is 10.3. The zero-order valence-corrected chi connectivity index (χ0v) is 9.15. The van der Waals surface area contributed by atoms with Crippen LogP contribution in [0.4, 0.5) is 0 Å². The number of hydrogen-bond acceptors (Lipinski definition) is 2. The average Bonchev–Trinajstić information content (AvgIpc) is 2.45. The Morgan fingerprint density at radius 1 is 1.43 bits per heavy atom. The maximum atomic E-state index is 4.54. The number of aryl methyl sites for hydroxylation is 1. The van der Waals surface area contributed by atoms with Crippen LogP contribution in [-0.4, -0.2) is 11.0 Å². The molecule has 0 aliphatic carbocycles. The first-order valence-corrected chi connectivity index (χ1v) is 5.06. The van der Waals surface area contributed by atoms with Crippen LogP contribution in [0, 0.1) is 13.1 Å². The van der Waals surface area contributed by atoms with E-state index in [0.717, 1.165) is 16.9 Å². The summed E-state index contributed by atoms with van der Waals surface area (Å²) >= 11 is 0. The van der Waals surface area contributed by atoms with Crippen molar-refractivity contribution in [1.82, 2.24) is 4.98 Å². The fraction of sp³-hybridized carbons (Fsp3) is 0.545. The van der Waals surface area contributed by atoms with E-state index in [1.165, 1.54) is 0 Å². The van der Waals surface area contributed by atoms with Crippen molar-refractivity contribution in [2.24, 2.45) is 4.99 Å². The highest BCUT2D eigenvalue weighted by molar-refractivity contribution is 5.02. The standard InChI is InChI=1S/C11H16N3/c1-7(2)10-6-14-5-8(3)12-11(14)9(4)13-10/h5-8H,1-4H3/q+1. The normalized spacial score (nSPS) is 19.1. The van der Waals surface area contributed by atoms with Gasteiger partial charge in [0.2, 0.25) is 0 Å². The van der Waals surface area contributed by atoms with Crippen LogP contribution in [0.15, 0.2) is 11.2 Å². The molecule has 0 saturated heterocycles. The summed E-state index contributed by atoms with van der Waals surface area (Å²) in [6.45, 7) is 8.42. The van der Waals surface area contributed by atoms with Crippen LogP contribution in [0.2, 0.25) is 0 Å². The van der Waals surface area contributed by atoms with E-state index in [-0.39, 0.29) is 6.04 Å². The van der Waals surface area contributed by atoms with Crippen LogP contribution in [0.3, 0.4) is 0 Å². The minimum absolute atomic E-state index is 0.276. The van der Waals surface area contributed by atoms with Gasteiger partial charge in [0, 0.05) is 0 Å². The maximum absolute atomic E-state index is 4.54. The third kappa shape index (κ3) is 1.43. The molecule has 3 heteroatoms. The summed E-state index contributed by atoms with van der Waals surface area (Å²) in [5.74, 6) is 0.468. The van der Waals surface area contributed by atoms with E-state index in [9.17, 15) is 0 Å². The fourth-order valence-electron chi connectivity index (χ4n) is 1.67. The van der Waals surface area contributed by atoms with Crippen molar-refractivity contribution in [3.63, 3.8) is 0 Å². The van der Waals surface area contributed by atoms with E-state index in [2.05, 4.69) is 47.4 Å². The lowest BCUT2D eigenvalue weighted by Gasteiger charge is -2.01. The highest BCUT2D eigenvalue weighted by Gasteiger charge is 2.17. The molecule has 1 aliphatic heterocycles. The van der Waals surface area contributed by atoms with Crippen LogP contribution in [-0.2, 0) is 0 Å². The first-order chi connectivity index (χ1) is 6.58. The van der Waals surface area contributed by atoms with E-state index in [1.54, 1.807) is 0 Å². The zero-order valence-electron chi connectivity index (χ0n) is 9.15. The summed E-state index contributed by atoms with van der Waals surface area (Å²) < 4.78 is 2.10. The molecule has 0 saturated carbocycles. The first kappa shape index (κ1) is 9.31. The molecule has 0 bridgehead atoms. The van der Waals surface area contributed by atoms with Gasteiger partial charge in [0.05, 0.1) is 5.69 Å². The summed E-state index contributed by atoms with van der Waals surface area (Å²) in [6, 6.07) is 0.276. The predicted molar refractivity (Wildman–Crippen MR) is 53.6 cm³/mol. The molecule has 0 spiro atoms. The van der Waals surface area contributed by atoms with E-state index in [1.807, 2.05) is 6.92 Å². The molecule has 0 amide bonds. The second-order valence-corrected chi connectivity index (χ2v) is 4.16. The van der Waals surface area contributed by atoms with Gasteiger partial charge in [0.1, 0.15) is 18.1 Å². The Balaban J connectivity index is 2.70. The van der Waals surface area contributed by atoms with Crippen molar-refractivity contribution in [3.05, 3.63) is 29.3 Å². The Morgan fingerprint density at radius 2 is 2.14 bits per heavy atom. The van der Waals surface area contributed by atoms with Crippen molar-refractivity contribution < 1.29 is 4.24 Å². The van der Waals surface area contributed by atoms with Crippen molar-refractivity contribution in [2.75, 3.05) is 0 Å². The van der Waals surface area contributed by atoms with Crippen molar-refractivity contribution >= 4 is 0 Å². The molecule has 1 aromatic heterocycles. The summed E-state index contributed by atoms with van der Waals surface area (Å²) in [5.41, 5.74) is 3.16. The van der Waals surface area contributed by atoms with Gasteiger partial charge in [-0.25, -0.2) is 4.98 Å². The molecule has 0 aromatic carbocycles. The van der Waals surface area contributed by atoms with Gasteiger partial charge in [-0.05, 0) is 19.8 Å². The molecule has 2 rings (SSSR count). The molecule has 0 fully saturated rings. The summed E-state index contributed by atoms with van der Waals surface area (Å²) in [5, 5.41) is 0. The van der Waals surface area contributed by atoms with Gasteiger partial charge in [0.25, 0.3) is 0 Å². The molecule has 14 heavy (non-hydrogen) atoms. The van der Waals surface area contributed by atoms with Gasteiger partial charge in [-0.15, -0.1) is 0 Å². The van der Waals surface area contributed by atoms with Gasteiger partial charge in [-0.1, -0.05) is 18.8 Å². The second-order valence-electron chi connectivity index (χ2n) is 4.16. The Morgan fingerprint density at radius 3 is 2.79 bits per heavy atom. The molecule has 2 heterocycles. The Labute approximate surface area is 83.9 Å². The predicted octanol–water partition coefficient (Wildman–Crippen LogP) is 0.833. The highest BCUT2D eigenvalue weighted by atomic mass is 15.0. The van der Waals surface area contributed by atoms with Crippen LogP contribution in [0.25, 0.3) is 0 Å². The van der Waals surface area contributed by atoms with Crippen LogP contribution < -0.4 is 9.73 Å². The Hall–Kier alpha value is -1.25. The summed E-state index contributed by atoms with van der Waals surface area (Å²) in [7, 11) is 0. The number of nitrogens with zero attached hydrogens (tertiary/aromatic N) is 3. The minimum atomic E-state index is 0.276. The lowest BCUT2D eigenvalue weighted by molar-refractivity contribution is -0.524. The minimum Gasteiger partial charge on any atom is -0.245 e. The average molecular weight is 190 g/mol. The smallest absolute Gasteiger partial charge is 0.245 e. The largest absolute Gasteiger partial charge is 0.344 e. The molecule has 1 atom stereocenters. The lowest BCUT2D eigenvalue weighted by Crippen LogP contribution is -2.38. The molecule has 74 valence electrons. The number of hydrogen-bond donors (Lipinski definition) is 0. The third-order valence-electron chi connectivity index (χ3n) is 2.43. The molecule has 0 N–H and O–H groups in total. The van der Waals surface area contributed by atoms with Gasteiger partial charge < -0.3 is 0 Å². The van der Waals surface area contributed by atoms with E-state index in [4.69, 9.17) is 0 Å². The number of fused-ring (bicyclic) bond motifs is 1. The topological polar surface area (TPSA) is 31.2 Å². The van der Waals surface area contributed by atoms with Crippen LogP contribution in [0.5, 0.6) is 0 Å². The SMILES string of the molecule is Cc1nc(C(C)C)c[n+]2c1=NC(C)C=2. The quantitative estimate of drug-likeness (QED) is 0.603. The number of aromatic nitrogens is 2. The molecule has 3 nitrogen and oxygen atoms in total. The molecule has 1 unspecified atom stereocenters. The summed E-state index contributed by atoms with van der Waals surface area (Å²) in [4.78, 5) is 9.04. The Bertz CT molecular complexity index is 474. The van der Waals surface area contributed by atoms with E-state index in [0.29, 0.717) is 5.92 Å². The first-order valence-electron chi connectivity index (χ1n) is 5.06. The molecule has 1 aliphatic rings. The summed E-state index contributed by atoms with van der Waals surface area (Å²) in [6.07, 6.45) is 4.20. The third-order valence-corrected chi connectivity index (χ3v) is 2.43. The van der Waals surface area contributed by atoms with Gasteiger partial charge in [0.15, 0.2) is 6.04 Å². The maximum Gasteiger partial charge on any atom is 0.344 e. The van der Waals surface area contributed by atoms with Gasteiger partial charge in [-0.3, -0.25) is 0 Å². The molecular weight excluding hydrogens is 174 g/mol. The van der Waals surface area contributed by atoms with E-state index < -0.39 is 0 Å². The molecular formula is C11H16N3+. The van der Waals surface area contributed by atoms with E-state index >= 15 is 0 Å². The van der Waals surface area contributed by atoms with Crippen LogP contribution in [0.1, 0.15) is 38.1 Å². The lowest BCUT2D eigenvalue weighted by atomic mass is 10.1. The van der Waals surface area contributed by atoms with Crippen molar-refractivity contribution in [1.29, 1.82) is 0 Å². The molecule has 1 aromatic rings. The van der Waals surface area contributed by atoms with Crippen molar-refractivity contribution in [3.8, 4) is 0 Å². The monoisotopic (exact) mass is 190 g/mol. The highest BCUT2D eigenvalue weighted by Crippen LogP contribution is 2.07. The van der Waals surface area contributed by atoms with Crippen LogP contribution >= 0.6 is 0 Å². The second kappa shape index (κ2) is 3.15. The van der Waals surface area contributed by atoms with Gasteiger partial charge in [-0.2, -0.15) is 4.24 Å². The number of rotatable bonds is 1.